The number of carbonyl (C=O) groups is 1. The summed E-state index contributed by atoms with van der Waals surface area (Å²) >= 11 is 1.85. The Morgan fingerprint density at radius 1 is 0.956 bits per heavy atom. The van der Waals surface area contributed by atoms with E-state index in [1.165, 1.54) is 37.2 Å². The Morgan fingerprint density at radius 2 is 1.58 bits per heavy atom. The van der Waals surface area contributed by atoms with Crippen molar-refractivity contribution in [1.29, 1.82) is 0 Å². The van der Waals surface area contributed by atoms with Gasteiger partial charge in [-0.2, -0.15) is 11.3 Å². The molecule has 0 fully saturated rings. The summed E-state index contributed by atoms with van der Waals surface area (Å²) < 4.78 is 2.60. The predicted octanol–water partition coefficient (Wildman–Crippen LogP) is 11.8. The van der Waals surface area contributed by atoms with Crippen LogP contribution in [0.4, 0.5) is 0 Å². The molecule has 0 aliphatic rings. The number of fused-ring (bicyclic) bond motifs is 4. The van der Waals surface area contributed by atoms with Crippen LogP contribution in [0.15, 0.2) is 72.5 Å². The molecule has 0 saturated heterocycles. The van der Waals surface area contributed by atoms with Crippen molar-refractivity contribution in [3.05, 3.63) is 89.7 Å². The molecule has 0 spiro atoms. The van der Waals surface area contributed by atoms with Crippen molar-refractivity contribution < 1.29 is 30.0 Å². The van der Waals surface area contributed by atoms with Gasteiger partial charge in [-0.25, -0.2) is 0 Å². The molecule has 0 saturated carbocycles. The first-order valence-corrected chi connectivity index (χ1v) is 17.0. The largest absolute Gasteiger partial charge is 0.512 e. The van der Waals surface area contributed by atoms with Gasteiger partial charge in [-0.3, -0.25) is 9.78 Å². The van der Waals surface area contributed by atoms with E-state index in [1.54, 1.807) is 0 Å². The van der Waals surface area contributed by atoms with Gasteiger partial charge in [0.2, 0.25) is 0 Å². The van der Waals surface area contributed by atoms with Gasteiger partial charge in [-0.15, -0.1) is 23.3 Å². The molecule has 5 aromatic rings. The number of aliphatic hydroxyl groups is 1. The van der Waals surface area contributed by atoms with Crippen LogP contribution in [0.3, 0.4) is 0 Å². The van der Waals surface area contributed by atoms with Crippen molar-refractivity contribution in [2.45, 2.75) is 87.5 Å². The summed E-state index contributed by atoms with van der Waals surface area (Å²) in [5, 5.41) is 13.8. The number of pyridine rings is 1. The van der Waals surface area contributed by atoms with Crippen molar-refractivity contribution >= 4 is 48.2 Å². The quantitative estimate of drug-likeness (QED) is 0.0870. The zero-order valence-electron chi connectivity index (χ0n) is 28.1. The van der Waals surface area contributed by atoms with Gasteiger partial charge >= 0.3 is 0 Å². The fraction of sp³-hybridized carbons (Fsp3) is 0.400. The summed E-state index contributed by atoms with van der Waals surface area (Å²) in [6.07, 6.45) is 5.88. The molecular weight excluding hydrogens is 751 g/mol. The number of allylic oxidation sites excluding steroid dienone is 2. The third-order valence-electron chi connectivity index (χ3n) is 9.07. The molecule has 5 heteroatoms. The summed E-state index contributed by atoms with van der Waals surface area (Å²) in [5.41, 5.74) is 5.45. The van der Waals surface area contributed by atoms with E-state index in [2.05, 4.69) is 87.5 Å². The number of hydrogen-bond donors (Lipinski definition) is 1. The first kappa shape index (κ1) is 36.6. The number of para-hydroxylation sites is 1. The summed E-state index contributed by atoms with van der Waals surface area (Å²) in [6, 6.07) is 25.3. The maximum absolute atomic E-state index is 12.0. The van der Waals surface area contributed by atoms with Crippen LogP contribution in [0.2, 0.25) is 0 Å². The second-order valence-corrected chi connectivity index (χ2v) is 13.7. The van der Waals surface area contributed by atoms with Crippen molar-refractivity contribution in [3.8, 4) is 11.3 Å². The summed E-state index contributed by atoms with van der Waals surface area (Å²) in [6.45, 7) is 16.7. The molecule has 2 heterocycles. The molecule has 0 bridgehead atoms. The number of thiophene rings is 1. The summed E-state index contributed by atoms with van der Waals surface area (Å²) in [5.74, 6) is 1.04. The molecule has 0 atom stereocenters. The molecule has 0 aliphatic heterocycles. The van der Waals surface area contributed by atoms with E-state index in [0.29, 0.717) is 5.92 Å². The Balaban J connectivity index is 0.000000282. The first-order chi connectivity index (χ1) is 21.0. The van der Waals surface area contributed by atoms with Crippen LogP contribution in [0.5, 0.6) is 0 Å². The normalized spacial score (nSPS) is 12.1. The van der Waals surface area contributed by atoms with Gasteiger partial charge < -0.3 is 5.11 Å². The number of aliphatic hydroxyl groups excluding tert-OH is 1. The topological polar surface area (TPSA) is 50.2 Å². The number of aryl methyl sites for hydroxylation is 1. The monoisotopic (exact) mass is 799 g/mol. The second-order valence-electron chi connectivity index (χ2n) is 12.7. The Kier molecular flexibility index (Phi) is 13.1. The molecule has 3 nitrogen and oxygen atoms in total. The predicted molar refractivity (Wildman–Crippen MR) is 191 cm³/mol. The van der Waals surface area contributed by atoms with Crippen LogP contribution in [-0.2, 0) is 31.3 Å². The molecule has 1 radical (unpaired) electrons. The fourth-order valence-electron chi connectivity index (χ4n) is 5.80. The van der Waals surface area contributed by atoms with E-state index >= 15 is 0 Å². The van der Waals surface area contributed by atoms with Crippen molar-refractivity contribution in [2.75, 3.05) is 0 Å². The minimum atomic E-state index is -0.319. The third kappa shape index (κ3) is 8.30. The van der Waals surface area contributed by atoms with Gasteiger partial charge in [-0.05, 0) is 71.5 Å². The van der Waals surface area contributed by atoms with Crippen LogP contribution in [-0.4, -0.2) is 15.9 Å². The maximum atomic E-state index is 12.0. The van der Waals surface area contributed by atoms with Crippen molar-refractivity contribution in [3.63, 3.8) is 0 Å². The fourth-order valence-corrected chi connectivity index (χ4v) is 6.99. The number of carbonyl (C=O) groups excluding carboxylic acids is 1. The smallest absolute Gasteiger partial charge is 0.164 e. The van der Waals surface area contributed by atoms with E-state index in [4.69, 9.17) is 4.98 Å². The van der Waals surface area contributed by atoms with E-state index in [9.17, 15) is 9.90 Å². The van der Waals surface area contributed by atoms with Gasteiger partial charge in [-0.1, -0.05) is 103 Å². The Bertz CT molecular complexity index is 1780. The summed E-state index contributed by atoms with van der Waals surface area (Å²) in [7, 11) is 0. The van der Waals surface area contributed by atoms with Crippen LogP contribution in [0.1, 0.15) is 85.3 Å². The number of ketones is 1. The van der Waals surface area contributed by atoms with Crippen molar-refractivity contribution in [1.82, 2.24) is 4.98 Å². The molecular formula is C40H48IrNO2S-. The van der Waals surface area contributed by atoms with Gasteiger partial charge in [0.05, 0.1) is 11.3 Å². The third-order valence-corrected chi connectivity index (χ3v) is 10.3. The van der Waals surface area contributed by atoms with Crippen molar-refractivity contribution in [2.24, 2.45) is 17.3 Å². The Morgan fingerprint density at radius 3 is 2.20 bits per heavy atom. The van der Waals surface area contributed by atoms with Crippen LogP contribution >= 0.6 is 11.3 Å². The maximum Gasteiger partial charge on any atom is 0.164 e. The standard InChI is InChI=1S/C26H22NS.C14H26O2.Ir/c1-16(2)12-18-15-24(27-23-10-6-4-8-19(18)23)22-14-17(3)13-21-20-9-5-7-11-25(20)28-26(21)22;1-6-11(7-2)12(15)10-13(16)14(5,8-3)9-4;/h4-11,13,15-16H,12H2,1-3H3;10-11,15H,6-9H2,1-5H3;/q-1;;/b;12-10-;. The molecule has 45 heavy (non-hydrogen) atoms. The molecule has 5 rings (SSSR count). The molecule has 241 valence electrons. The zero-order valence-corrected chi connectivity index (χ0v) is 31.3. The van der Waals surface area contributed by atoms with E-state index in [1.807, 2.05) is 46.0 Å². The number of benzene rings is 3. The minimum absolute atomic E-state index is 0. The molecule has 0 amide bonds. The average molecular weight is 799 g/mol. The zero-order chi connectivity index (χ0) is 32.0. The Hall–Kier alpha value is -2.85. The van der Waals surface area contributed by atoms with Crippen LogP contribution < -0.4 is 0 Å². The first-order valence-electron chi connectivity index (χ1n) is 16.2. The molecule has 1 N–H and O–H groups in total. The number of hydrogen-bond acceptors (Lipinski definition) is 4. The van der Waals surface area contributed by atoms with E-state index in [-0.39, 0.29) is 43.0 Å². The van der Waals surface area contributed by atoms with E-state index < -0.39 is 0 Å². The van der Waals surface area contributed by atoms with Gasteiger partial charge in [0.1, 0.15) is 0 Å². The Labute approximate surface area is 287 Å². The SMILES string of the molecule is CCC(CC)/C(O)=C/C(=O)C(C)(CC)CC.Cc1[c-]c(-c2cc(CC(C)C)c3ccccc3n2)c2sc3ccccc3c2c1.[Ir]. The molecule has 3 aromatic carbocycles. The minimum Gasteiger partial charge on any atom is -0.512 e. The van der Waals surface area contributed by atoms with E-state index in [0.717, 1.165) is 54.4 Å². The van der Waals surface area contributed by atoms with Gasteiger partial charge in [0.25, 0.3) is 0 Å². The second kappa shape index (κ2) is 16.1. The number of aromatic nitrogens is 1. The van der Waals surface area contributed by atoms with Crippen LogP contribution in [0, 0.1) is 30.2 Å². The number of rotatable bonds is 10. The molecule has 0 aliphatic carbocycles. The van der Waals surface area contributed by atoms with Gasteiger partial charge in [0, 0.05) is 47.6 Å². The summed E-state index contributed by atoms with van der Waals surface area (Å²) in [4.78, 5) is 17.1. The van der Waals surface area contributed by atoms with Crippen LogP contribution in [0.25, 0.3) is 42.3 Å². The average Bonchev–Trinajstić information content (AvgIpc) is 3.39. The number of nitrogens with zero attached hydrogens (tertiary/aromatic N) is 1. The molecule has 2 aromatic heterocycles. The van der Waals surface area contributed by atoms with Gasteiger partial charge in [0.15, 0.2) is 5.78 Å². The molecule has 0 unspecified atom stereocenters.